The average molecular weight is 545 g/mol. The van der Waals surface area contributed by atoms with E-state index >= 15 is 4.39 Å². The van der Waals surface area contributed by atoms with E-state index in [-0.39, 0.29) is 54.0 Å². The van der Waals surface area contributed by atoms with Crippen LogP contribution in [0.4, 0.5) is 4.39 Å². The van der Waals surface area contributed by atoms with E-state index in [9.17, 15) is 9.59 Å². The first-order valence-electron chi connectivity index (χ1n) is 15.6. The Morgan fingerprint density at radius 3 is 2.49 bits per heavy atom. The zero-order chi connectivity index (χ0) is 26.7. The van der Waals surface area contributed by atoms with Crippen molar-refractivity contribution in [1.29, 1.82) is 0 Å². The minimum atomic E-state index is -1.15. The van der Waals surface area contributed by atoms with Gasteiger partial charge in [0, 0.05) is 38.3 Å². The molecule has 9 heteroatoms. The smallest absolute Gasteiger partial charge is 0.259 e. The lowest BCUT2D eigenvalue weighted by atomic mass is 9.64. The predicted molar refractivity (Wildman–Crippen MR) is 144 cm³/mol. The van der Waals surface area contributed by atoms with Gasteiger partial charge in [0.2, 0.25) is 0 Å². The van der Waals surface area contributed by atoms with Gasteiger partial charge in [0.1, 0.15) is 6.17 Å². The fraction of sp³-hybridized carbons (Fsp3) is 0.867. The first-order chi connectivity index (χ1) is 19.0. The Bertz CT molecular complexity index is 988. The van der Waals surface area contributed by atoms with Crippen molar-refractivity contribution in [2.45, 2.75) is 87.9 Å². The van der Waals surface area contributed by atoms with Crippen LogP contribution in [0.2, 0.25) is 0 Å². The van der Waals surface area contributed by atoms with Crippen LogP contribution in [0.15, 0.2) is 11.8 Å². The second-order valence-corrected chi connectivity index (χ2v) is 13.3. The second-order valence-electron chi connectivity index (χ2n) is 13.3. The Morgan fingerprint density at radius 2 is 1.69 bits per heavy atom. The van der Waals surface area contributed by atoms with Crippen molar-refractivity contribution in [3.63, 3.8) is 0 Å². The number of carbonyl (C=O) groups excluding carboxylic acids is 2. The third-order valence-electron chi connectivity index (χ3n) is 11.2. The van der Waals surface area contributed by atoms with E-state index in [0.717, 1.165) is 45.4 Å². The van der Waals surface area contributed by atoms with Crippen LogP contribution < -0.4 is 0 Å². The highest BCUT2D eigenvalue weighted by Gasteiger charge is 2.60. The normalized spacial score (nSPS) is 43.6. The summed E-state index contributed by atoms with van der Waals surface area (Å²) in [5, 5.41) is 0. The summed E-state index contributed by atoms with van der Waals surface area (Å²) in [6.45, 7) is 5.59. The number of morpholine rings is 2. The lowest BCUT2D eigenvalue weighted by Crippen LogP contribution is -2.73. The molecule has 0 bridgehead atoms. The molecule has 9 unspecified atom stereocenters. The number of alkyl halides is 1. The molecule has 39 heavy (non-hydrogen) atoms. The van der Waals surface area contributed by atoms with Crippen molar-refractivity contribution in [3.05, 3.63) is 11.8 Å². The number of ether oxygens (including phenoxy) is 2. The summed E-state index contributed by atoms with van der Waals surface area (Å²) in [7, 11) is 2.14. The molecule has 0 N–H and O–H groups in total. The van der Waals surface area contributed by atoms with Crippen LogP contribution in [0, 0.1) is 17.8 Å². The SMILES string of the molecule is CN1CCCN(C2C(F)CC3C(=O)C(C(=O)N4CCOCC4)=CN4C5CC6CCCCC6CC5OC2C34)CC1. The van der Waals surface area contributed by atoms with E-state index in [2.05, 4.69) is 21.7 Å². The Labute approximate surface area is 231 Å². The maximum Gasteiger partial charge on any atom is 0.259 e. The number of hydrogen-bond acceptors (Lipinski definition) is 7. The Morgan fingerprint density at radius 1 is 0.923 bits per heavy atom. The molecule has 0 radical (unpaired) electrons. The van der Waals surface area contributed by atoms with E-state index in [1.165, 1.54) is 25.7 Å². The number of halogens is 1. The van der Waals surface area contributed by atoms with Crippen LogP contribution in [0.3, 0.4) is 0 Å². The summed E-state index contributed by atoms with van der Waals surface area (Å²) in [5.41, 5.74) is 0.255. The van der Waals surface area contributed by atoms with Gasteiger partial charge < -0.3 is 24.2 Å². The molecule has 0 aromatic rings. The number of nitrogens with zero attached hydrogens (tertiary/aromatic N) is 4. The van der Waals surface area contributed by atoms with E-state index in [1.807, 2.05) is 6.20 Å². The molecule has 3 aliphatic carbocycles. The van der Waals surface area contributed by atoms with E-state index in [0.29, 0.717) is 38.1 Å². The molecule has 8 nitrogen and oxygen atoms in total. The number of fused-ring (bicyclic) bond motifs is 3. The highest BCUT2D eigenvalue weighted by molar-refractivity contribution is 6.20. The molecular weight excluding hydrogens is 499 g/mol. The zero-order valence-electron chi connectivity index (χ0n) is 23.4. The van der Waals surface area contributed by atoms with Crippen LogP contribution in [0.5, 0.6) is 0 Å². The number of Topliss-reactive ketones (excluding diaryl/α,β-unsaturated/α-hetero) is 1. The predicted octanol–water partition coefficient (Wildman–Crippen LogP) is 2.08. The van der Waals surface area contributed by atoms with Gasteiger partial charge in [-0.25, -0.2) is 4.39 Å². The van der Waals surface area contributed by atoms with Gasteiger partial charge in [-0.3, -0.25) is 14.5 Å². The lowest BCUT2D eigenvalue weighted by Gasteiger charge is -2.61. The highest BCUT2D eigenvalue weighted by atomic mass is 19.1. The third-order valence-corrected chi connectivity index (χ3v) is 11.2. The Balaban J connectivity index is 1.25. The standard InChI is InChI=1S/C30H45FN4O4/c1-32-7-4-8-33(10-9-32)27-23(31)17-21-26-29(27)39-25-16-20-6-3-2-5-19(20)15-24(25)35(26)18-22(28(21)36)30(37)34-11-13-38-14-12-34/h18-21,23-27,29H,2-17H2,1H3. The molecule has 4 aliphatic heterocycles. The van der Waals surface area contributed by atoms with E-state index in [1.54, 1.807) is 4.90 Å². The lowest BCUT2D eigenvalue weighted by molar-refractivity contribution is -0.220. The Kier molecular flexibility index (Phi) is 7.23. The van der Waals surface area contributed by atoms with Crippen LogP contribution in [-0.4, -0.2) is 127 Å². The van der Waals surface area contributed by atoms with Gasteiger partial charge >= 0.3 is 0 Å². The van der Waals surface area contributed by atoms with Gasteiger partial charge in [-0.15, -0.1) is 0 Å². The number of hydrogen-bond donors (Lipinski definition) is 0. The quantitative estimate of drug-likeness (QED) is 0.494. The molecule has 9 atom stereocenters. The van der Waals surface area contributed by atoms with Gasteiger partial charge in [0.15, 0.2) is 5.78 Å². The number of carbonyl (C=O) groups is 2. The molecule has 0 spiro atoms. The second kappa shape index (κ2) is 10.7. The monoisotopic (exact) mass is 544 g/mol. The summed E-state index contributed by atoms with van der Waals surface area (Å²) < 4.78 is 28.8. The van der Waals surface area contributed by atoms with Gasteiger partial charge in [-0.2, -0.15) is 0 Å². The van der Waals surface area contributed by atoms with E-state index in [4.69, 9.17) is 9.47 Å². The molecule has 0 aromatic carbocycles. The fourth-order valence-electron chi connectivity index (χ4n) is 9.16. The van der Waals surface area contributed by atoms with Crippen molar-refractivity contribution in [3.8, 4) is 0 Å². The number of ketones is 1. The van der Waals surface area contributed by atoms with Crippen LogP contribution in [-0.2, 0) is 19.1 Å². The minimum Gasteiger partial charge on any atom is -0.378 e. The zero-order valence-corrected chi connectivity index (χ0v) is 23.4. The third kappa shape index (κ3) is 4.65. The van der Waals surface area contributed by atoms with Crippen molar-refractivity contribution in [2.24, 2.45) is 17.8 Å². The molecular formula is C30H45FN4O4. The maximum atomic E-state index is 16.3. The molecule has 3 saturated carbocycles. The largest absolute Gasteiger partial charge is 0.378 e. The van der Waals surface area contributed by atoms with Crippen molar-refractivity contribution >= 4 is 11.7 Å². The average Bonchev–Trinajstić information content (AvgIpc) is 3.17. The summed E-state index contributed by atoms with van der Waals surface area (Å²) in [4.78, 5) is 36.4. The molecule has 6 fully saturated rings. The summed E-state index contributed by atoms with van der Waals surface area (Å²) in [5.74, 6) is 0.430. The molecule has 216 valence electrons. The van der Waals surface area contributed by atoms with Crippen LogP contribution >= 0.6 is 0 Å². The topological polar surface area (TPSA) is 65.6 Å². The number of likely N-dealkylation sites (N-methyl/N-ethyl adjacent to an activating group) is 1. The van der Waals surface area contributed by atoms with Crippen LogP contribution in [0.1, 0.15) is 51.4 Å². The summed E-state index contributed by atoms with van der Waals surface area (Å²) >= 11 is 0. The summed E-state index contributed by atoms with van der Waals surface area (Å²) in [6.07, 6.45) is 8.78. The first kappa shape index (κ1) is 26.4. The van der Waals surface area contributed by atoms with Crippen LogP contribution in [0.25, 0.3) is 0 Å². The van der Waals surface area contributed by atoms with Gasteiger partial charge in [-0.05, 0) is 57.7 Å². The van der Waals surface area contributed by atoms with E-state index < -0.39 is 12.1 Å². The van der Waals surface area contributed by atoms with Crippen molar-refractivity contribution < 1.29 is 23.5 Å². The molecule has 3 saturated heterocycles. The molecule has 0 aromatic heterocycles. The van der Waals surface area contributed by atoms with Crippen molar-refractivity contribution in [2.75, 3.05) is 59.5 Å². The molecule has 7 rings (SSSR count). The summed E-state index contributed by atoms with van der Waals surface area (Å²) in [6, 6.07) is -0.387. The minimum absolute atomic E-state index is 0.0258. The van der Waals surface area contributed by atoms with Gasteiger partial charge in [0.25, 0.3) is 5.91 Å². The number of amides is 1. The molecule has 4 heterocycles. The highest BCUT2D eigenvalue weighted by Crippen LogP contribution is 2.50. The van der Waals surface area contributed by atoms with Gasteiger partial charge in [-0.1, -0.05) is 25.7 Å². The number of rotatable bonds is 2. The molecule has 7 aliphatic rings. The Hall–Kier alpha value is -1.55. The fourth-order valence-corrected chi connectivity index (χ4v) is 9.16. The first-order valence-corrected chi connectivity index (χ1v) is 15.6. The van der Waals surface area contributed by atoms with Gasteiger partial charge in [0.05, 0.1) is 49.1 Å². The molecule has 1 amide bonds. The van der Waals surface area contributed by atoms with Crippen molar-refractivity contribution in [1.82, 2.24) is 19.6 Å². The maximum absolute atomic E-state index is 16.3.